The molecule has 0 bridgehead atoms. The Morgan fingerprint density at radius 2 is 1.70 bits per heavy atom. The van der Waals surface area contributed by atoms with Crippen molar-refractivity contribution in [3.05, 3.63) is 125 Å². The van der Waals surface area contributed by atoms with E-state index in [9.17, 15) is 9.59 Å². The van der Waals surface area contributed by atoms with Crippen molar-refractivity contribution in [2.75, 3.05) is 11.4 Å². The number of hydrogen-bond acceptors (Lipinski definition) is 3. The minimum absolute atomic E-state index is 0.0582. The Labute approximate surface area is 217 Å². The largest absolute Gasteiger partial charge is 0.367 e. The number of benzene rings is 4. The maximum absolute atomic E-state index is 13.0. The normalized spacial score (nSPS) is 13.5. The Balaban J connectivity index is 1.34. The van der Waals surface area contributed by atoms with E-state index in [0.717, 1.165) is 48.2 Å². The molecular formula is C32H31N3O2. The second-order valence-corrected chi connectivity index (χ2v) is 9.58. The number of carbonyl (C=O) groups is 2. The first-order valence-electron chi connectivity index (χ1n) is 12.7. The van der Waals surface area contributed by atoms with Gasteiger partial charge in [-0.25, -0.2) is 0 Å². The lowest BCUT2D eigenvalue weighted by Gasteiger charge is -2.32. The number of nitrogens with zero attached hydrogens (tertiary/aromatic N) is 1. The van der Waals surface area contributed by atoms with Gasteiger partial charge in [0.25, 0.3) is 5.91 Å². The Bertz CT molecular complexity index is 1430. The van der Waals surface area contributed by atoms with Crippen LogP contribution in [0.3, 0.4) is 0 Å². The molecule has 1 atom stereocenters. The molecule has 1 aliphatic heterocycles. The highest BCUT2D eigenvalue weighted by molar-refractivity contribution is 5.99. The first-order valence-corrected chi connectivity index (χ1v) is 12.7. The van der Waals surface area contributed by atoms with E-state index in [2.05, 4.69) is 28.4 Å². The molecule has 5 nitrogen and oxygen atoms in total. The molecule has 0 unspecified atom stereocenters. The van der Waals surface area contributed by atoms with Crippen molar-refractivity contribution in [3.8, 4) is 11.1 Å². The van der Waals surface area contributed by atoms with Crippen molar-refractivity contribution in [2.24, 2.45) is 5.73 Å². The zero-order chi connectivity index (χ0) is 25.8. The third-order valence-corrected chi connectivity index (χ3v) is 7.01. The Hall–Kier alpha value is -4.38. The third kappa shape index (κ3) is 5.41. The standard InChI is InChI=1S/C32H31N3O2/c1-22(24-10-3-2-4-11-24)34-32(37)27-16-17-30-26(20-27)13-8-18-35(30)21-23-9-7-12-25(19-23)28-14-5-6-15-29(28)31(33)36/h2-7,9-12,14-17,19-20,22H,8,13,18,21H2,1H3,(H2,33,36)(H,34,37)/t22-/m0/s1. The van der Waals surface area contributed by atoms with Crippen LogP contribution in [-0.2, 0) is 13.0 Å². The molecule has 5 heteroatoms. The minimum Gasteiger partial charge on any atom is -0.367 e. The first kappa shape index (κ1) is 24.3. The molecule has 186 valence electrons. The number of nitrogens with one attached hydrogen (secondary N) is 1. The number of aryl methyl sites for hydroxylation is 1. The van der Waals surface area contributed by atoms with Gasteiger partial charge >= 0.3 is 0 Å². The van der Waals surface area contributed by atoms with Crippen LogP contribution in [0.4, 0.5) is 5.69 Å². The van der Waals surface area contributed by atoms with Gasteiger partial charge in [0.15, 0.2) is 0 Å². The van der Waals surface area contributed by atoms with Gasteiger partial charge in [0.05, 0.1) is 6.04 Å². The van der Waals surface area contributed by atoms with Crippen LogP contribution >= 0.6 is 0 Å². The average Bonchev–Trinajstić information content (AvgIpc) is 2.93. The van der Waals surface area contributed by atoms with Crippen LogP contribution in [0.25, 0.3) is 11.1 Å². The van der Waals surface area contributed by atoms with Crippen LogP contribution in [0.1, 0.15) is 56.8 Å². The maximum Gasteiger partial charge on any atom is 0.251 e. The van der Waals surface area contributed by atoms with Gasteiger partial charge in [-0.05, 0) is 77.9 Å². The second kappa shape index (κ2) is 10.7. The highest BCUT2D eigenvalue weighted by Crippen LogP contribution is 2.31. The van der Waals surface area contributed by atoms with Gasteiger partial charge in [-0.1, -0.05) is 66.7 Å². The predicted octanol–water partition coefficient (Wildman–Crippen LogP) is 5.90. The third-order valence-electron chi connectivity index (χ3n) is 7.01. The molecule has 0 fully saturated rings. The number of primary amides is 1. The van der Waals surface area contributed by atoms with Crippen LogP contribution in [0, 0.1) is 0 Å². The number of fused-ring (bicyclic) bond motifs is 1. The van der Waals surface area contributed by atoms with Crippen molar-refractivity contribution >= 4 is 17.5 Å². The highest BCUT2D eigenvalue weighted by atomic mass is 16.2. The molecule has 0 saturated heterocycles. The molecule has 2 amide bonds. The smallest absolute Gasteiger partial charge is 0.251 e. The zero-order valence-electron chi connectivity index (χ0n) is 21.0. The quantitative estimate of drug-likeness (QED) is 0.340. The Morgan fingerprint density at radius 1 is 0.919 bits per heavy atom. The molecule has 1 heterocycles. The average molecular weight is 490 g/mol. The summed E-state index contributed by atoms with van der Waals surface area (Å²) >= 11 is 0. The monoisotopic (exact) mass is 489 g/mol. The van der Waals surface area contributed by atoms with Crippen molar-refractivity contribution < 1.29 is 9.59 Å². The summed E-state index contributed by atoms with van der Waals surface area (Å²) in [6, 6.07) is 31.7. The lowest BCUT2D eigenvalue weighted by Crippen LogP contribution is -2.30. The number of anilines is 1. The van der Waals surface area contributed by atoms with Crippen LogP contribution in [-0.4, -0.2) is 18.4 Å². The van der Waals surface area contributed by atoms with Gasteiger partial charge in [-0.3, -0.25) is 9.59 Å². The minimum atomic E-state index is -0.427. The molecule has 1 aliphatic rings. The number of carbonyl (C=O) groups excluding carboxylic acids is 2. The summed E-state index contributed by atoms with van der Waals surface area (Å²) < 4.78 is 0. The van der Waals surface area contributed by atoms with E-state index >= 15 is 0 Å². The van der Waals surface area contributed by atoms with Gasteiger partial charge in [0.1, 0.15) is 0 Å². The van der Waals surface area contributed by atoms with Crippen molar-refractivity contribution in [1.29, 1.82) is 0 Å². The fraction of sp³-hybridized carbons (Fsp3) is 0.188. The van der Waals surface area contributed by atoms with E-state index < -0.39 is 5.91 Å². The summed E-state index contributed by atoms with van der Waals surface area (Å²) in [5, 5.41) is 3.12. The summed E-state index contributed by atoms with van der Waals surface area (Å²) in [5.74, 6) is -0.485. The first-order chi connectivity index (χ1) is 18.0. The van der Waals surface area contributed by atoms with Crippen LogP contribution in [0.2, 0.25) is 0 Å². The van der Waals surface area contributed by atoms with Crippen LogP contribution in [0.5, 0.6) is 0 Å². The summed E-state index contributed by atoms with van der Waals surface area (Å²) in [6.45, 7) is 3.70. The fourth-order valence-electron chi connectivity index (χ4n) is 5.09. The summed E-state index contributed by atoms with van der Waals surface area (Å²) in [4.78, 5) is 27.3. The Morgan fingerprint density at radius 3 is 2.51 bits per heavy atom. The number of amides is 2. The number of hydrogen-bond donors (Lipinski definition) is 2. The van der Waals surface area contributed by atoms with E-state index in [1.54, 1.807) is 6.07 Å². The molecule has 37 heavy (non-hydrogen) atoms. The fourth-order valence-corrected chi connectivity index (χ4v) is 5.09. The molecule has 5 rings (SSSR count). The molecule has 0 spiro atoms. The maximum atomic E-state index is 13.0. The molecule has 4 aromatic rings. The van der Waals surface area contributed by atoms with E-state index in [1.165, 1.54) is 11.3 Å². The topological polar surface area (TPSA) is 75.4 Å². The molecule has 4 aromatic carbocycles. The van der Waals surface area contributed by atoms with E-state index in [0.29, 0.717) is 11.1 Å². The predicted molar refractivity (Wildman–Crippen MR) is 149 cm³/mol. The van der Waals surface area contributed by atoms with Gasteiger partial charge < -0.3 is 16.0 Å². The van der Waals surface area contributed by atoms with Crippen LogP contribution < -0.4 is 16.0 Å². The SMILES string of the molecule is C[C@H](NC(=O)c1ccc2c(c1)CCCN2Cc1cccc(-c2ccccc2C(N)=O)c1)c1ccccc1. The second-order valence-electron chi connectivity index (χ2n) is 9.58. The summed E-state index contributed by atoms with van der Waals surface area (Å²) in [7, 11) is 0. The van der Waals surface area contributed by atoms with E-state index in [1.807, 2.05) is 79.7 Å². The lowest BCUT2D eigenvalue weighted by molar-refractivity contribution is 0.0938. The van der Waals surface area contributed by atoms with Gasteiger partial charge in [-0.2, -0.15) is 0 Å². The molecule has 0 saturated carbocycles. The molecule has 0 radical (unpaired) electrons. The number of rotatable bonds is 7. The van der Waals surface area contributed by atoms with Gasteiger partial charge in [0.2, 0.25) is 5.91 Å². The summed E-state index contributed by atoms with van der Waals surface area (Å²) in [6.07, 6.45) is 1.98. The zero-order valence-corrected chi connectivity index (χ0v) is 21.0. The Kier molecular flexibility index (Phi) is 7.04. The molecule has 0 aromatic heterocycles. The highest BCUT2D eigenvalue weighted by Gasteiger charge is 2.20. The van der Waals surface area contributed by atoms with Crippen molar-refractivity contribution in [2.45, 2.75) is 32.4 Å². The van der Waals surface area contributed by atoms with Crippen molar-refractivity contribution in [3.63, 3.8) is 0 Å². The van der Waals surface area contributed by atoms with E-state index in [-0.39, 0.29) is 11.9 Å². The number of nitrogens with two attached hydrogens (primary N) is 1. The van der Waals surface area contributed by atoms with Crippen LogP contribution in [0.15, 0.2) is 97.1 Å². The van der Waals surface area contributed by atoms with Gasteiger partial charge in [-0.15, -0.1) is 0 Å². The molecule has 3 N–H and O–H groups in total. The molecule has 0 aliphatic carbocycles. The molecular weight excluding hydrogens is 458 g/mol. The van der Waals surface area contributed by atoms with E-state index in [4.69, 9.17) is 5.73 Å². The van der Waals surface area contributed by atoms with Gasteiger partial charge in [0, 0.05) is 29.9 Å². The summed E-state index contributed by atoms with van der Waals surface area (Å²) in [5.41, 5.74) is 13.2. The van der Waals surface area contributed by atoms with Crippen molar-refractivity contribution in [1.82, 2.24) is 5.32 Å². The lowest BCUT2D eigenvalue weighted by atomic mass is 9.96.